The zero-order valence-electron chi connectivity index (χ0n) is 12.8. The van der Waals surface area contributed by atoms with Gasteiger partial charge in [0.25, 0.3) is 0 Å². The highest BCUT2D eigenvalue weighted by molar-refractivity contribution is 5.85. The largest absolute Gasteiger partial charge is 0.435 e. The number of ether oxygens (including phenoxy) is 1. The van der Waals surface area contributed by atoms with E-state index in [1.54, 1.807) is 12.1 Å². The van der Waals surface area contributed by atoms with Crippen molar-refractivity contribution in [2.24, 2.45) is 11.7 Å². The number of halogens is 3. The highest BCUT2D eigenvalue weighted by Gasteiger charge is 2.23. The summed E-state index contributed by atoms with van der Waals surface area (Å²) >= 11 is 0. The molecule has 23 heavy (non-hydrogen) atoms. The van der Waals surface area contributed by atoms with Crippen LogP contribution in [0.5, 0.6) is 5.75 Å². The Balaban J connectivity index is 0.00000264. The van der Waals surface area contributed by atoms with E-state index >= 15 is 0 Å². The first kappa shape index (κ1) is 19.6. The molecule has 4 nitrogen and oxygen atoms in total. The van der Waals surface area contributed by atoms with Gasteiger partial charge in [0.15, 0.2) is 0 Å². The lowest BCUT2D eigenvalue weighted by atomic mass is 9.83. The number of amides is 1. The van der Waals surface area contributed by atoms with Crippen molar-refractivity contribution in [3.05, 3.63) is 29.8 Å². The van der Waals surface area contributed by atoms with E-state index in [-0.39, 0.29) is 36.0 Å². The molecule has 2 atom stereocenters. The average Bonchev–Trinajstić information content (AvgIpc) is 2.48. The monoisotopic (exact) mass is 348 g/mol. The quantitative estimate of drug-likeness (QED) is 0.829. The second kappa shape index (κ2) is 9.67. The molecule has 0 bridgehead atoms. The van der Waals surface area contributed by atoms with Gasteiger partial charge in [-0.2, -0.15) is 8.78 Å². The van der Waals surface area contributed by atoms with Crippen molar-refractivity contribution in [1.82, 2.24) is 5.32 Å². The van der Waals surface area contributed by atoms with E-state index in [0.29, 0.717) is 13.0 Å². The average molecular weight is 349 g/mol. The minimum atomic E-state index is -2.83. The molecule has 1 aromatic carbocycles. The van der Waals surface area contributed by atoms with Gasteiger partial charge >= 0.3 is 6.61 Å². The number of hydrogen-bond donors (Lipinski definition) is 2. The van der Waals surface area contributed by atoms with Crippen molar-refractivity contribution in [2.75, 3.05) is 0 Å². The summed E-state index contributed by atoms with van der Waals surface area (Å²) in [5.41, 5.74) is 6.87. The smallest absolute Gasteiger partial charge is 0.387 e. The van der Waals surface area contributed by atoms with Crippen molar-refractivity contribution >= 4 is 18.3 Å². The fraction of sp³-hybridized carbons (Fsp3) is 0.562. The summed E-state index contributed by atoms with van der Waals surface area (Å²) < 4.78 is 28.4. The lowest BCUT2D eigenvalue weighted by Crippen LogP contribution is -2.36. The summed E-state index contributed by atoms with van der Waals surface area (Å²) in [7, 11) is 0. The third-order valence-corrected chi connectivity index (χ3v) is 4.05. The van der Waals surface area contributed by atoms with Crippen LogP contribution >= 0.6 is 12.4 Å². The van der Waals surface area contributed by atoms with Gasteiger partial charge in [0.05, 0.1) is 0 Å². The Morgan fingerprint density at radius 1 is 1.26 bits per heavy atom. The van der Waals surface area contributed by atoms with Crippen LogP contribution in [0.2, 0.25) is 0 Å². The molecule has 130 valence electrons. The fourth-order valence-corrected chi connectivity index (χ4v) is 2.79. The Morgan fingerprint density at radius 2 is 1.91 bits per heavy atom. The number of carbonyl (C=O) groups is 1. The van der Waals surface area contributed by atoms with Crippen LogP contribution in [0.15, 0.2) is 24.3 Å². The minimum absolute atomic E-state index is 0. The number of benzene rings is 1. The predicted octanol–water partition coefficient (Wildman–Crippen LogP) is 3.23. The highest BCUT2D eigenvalue weighted by Crippen LogP contribution is 2.25. The van der Waals surface area contributed by atoms with Crippen LogP contribution in [0.3, 0.4) is 0 Å². The number of nitrogens with two attached hydrogens (primary N) is 1. The SMILES string of the molecule is Cl.NC1CCCCC1CC(=O)NCc1ccc(OC(F)F)cc1. The third-order valence-electron chi connectivity index (χ3n) is 4.05. The van der Waals surface area contributed by atoms with Crippen LogP contribution in [0.25, 0.3) is 0 Å². The zero-order valence-corrected chi connectivity index (χ0v) is 13.7. The molecule has 0 aliphatic heterocycles. The predicted molar refractivity (Wildman–Crippen MR) is 86.7 cm³/mol. The third kappa shape index (κ3) is 6.71. The molecule has 3 N–H and O–H groups in total. The van der Waals surface area contributed by atoms with Gasteiger partial charge in [-0.15, -0.1) is 12.4 Å². The van der Waals surface area contributed by atoms with Gasteiger partial charge in [-0.3, -0.25) is 4.79 Å². The molecule has 0 heterocycles. The van der Waals surface area contributed by atoms with Crippen LogP contribution < -0.4 is 15.8 Å². The summed E-state index contributed by atoms with van der Waals surface area (Å²) in [5, 5.41) is 2.84. The van der Waals surface area contributed by atoms with E-state index in [0.717, 1.165) is 31.2 Å². The minimum Gasteiger partial charge on any atom is -0.435 e. The molecule has 1 aromatic rings. The normalized spacial score (nSPS) is 20.7. The standard InChI is InChI=1S/C16H22F2N2O2.ClH/c17-16(18)22-13-7-5-11(6-8-13)10-20-15(21)9-12-3-1-2-4-14(12)19;/h5-8,12,14,16H,1-4,9-10,19H2,(H,20,21);1H. The summed E-state index contributed by atoms with van der Waals surface area (Å²) in [4.78, 5) is 12.0. The van der Waals surface area contributed by atoms with Crippen molar-refractivity contribution in [3.8, 4) is 5.75 Å². The van der Waals surface area contributed by atoms with Gasteiger partial charge in [0.1, 0.15) is 5.75 Å². The van der Waals surface area contributed by atoms with Gasteiger partial charge < -0.3 is 15.8 Å². The van der Waals surface area contributed by atoms with Crippen LogP contribution in [0, 0.1) is 5.92 Å². The Morgan fingerprint density at radius 3 is 2.52 bits per heavy atom. The van der Waals surface area contributed by atoms with Crippen LogP contribution in [0.4, 0.5) is 8.78 Å². The molecular formula is C16H23ClF2N2O2. The maximum atomic E-state index is 12.0. The maximum absolute atomic E-state index is 12.0. The van der Waals surface area contributed by atoms with Crippen molar-refractivity contribution in [2.45, 2.75) is 51.3 Å². The summed E-state index contributed by atoms with van der Waals surface area (Å²) in [6, 6.07) is 6.36. The molecule has 1 aliphatic rings. The van der Waals surface area contributed by atoms with Gasteiger partial charge in [-0.1, -0.05) is 25.0 Å². The van der Waals surface area contributed by atoms with E-state index in [9.17, 15) is 13.6 Å². The number of rotatable bonds is 6. The van der Waals surface area contributed by atoms with Crippen LogP contribution in [-0.2, 0) is 11.3 Å². The molecule has 1 fully saturated rings. The lowest BCUT2D eigenvalue weighted by Gasteiger charge is -2.27. The van der Waals surface area contributed by atoms with Crippen LogP contribution in [0.1, 0.15) is 37.7 Å². The number of nitrogens with one attached hydrogen (secondary N) is 1. The van der Waals surface area contributed by atoms with Crippen molar-refractivity contribution in [1.29, 1.82) is 0 Å². The Hall–Kier alpha value is -1.40. The molecule has 1 saturated carbocycles. The highest BCUT2D eigenvalue weighted by atomic mass is 35.5. The topological polar surface area (TPSA) is 64.4 Å². The van der Waals surface area contributed by atoms with Gasteiger partial charge in [-0.25, -0.2) is 0 Å². The summed E-state index contributed by atoms with van der Waals surface area (Å²) in [6.45, 7) is -2.46. The first-order valence-electron chi connectivity index (χ1n) is 7.60. The Labute approximate surface area is 141 Å². The first-order chi connectivity index (χ1) is 10.5. The first-order valence-corrected chi connectivity index (χ1v) is 7.60. The van der Waals surface area contributed by atoms with E-state index < -0.39 is 6.61 Å². The van der Waals surface area contributed by atoms with Gasteiger partial charge in [-0.05, 0) is 36.5 Å². The van der Waals surface area contributed by atoms with E-state index in [4.69, 9.17) is 5.73 Å². The summed E-state index contributed by atoms with van der Waals surface area (Å²) in [5.74, 6) is 0.351. The molecule has 2 rings (SSSR count). The van der Waals surface area contributed by atoms with E-state index in [2.05, 4.69) is 10.1 Å². The van der Waals surface area contributed by atoms with E-state index in [1.807, 2.05) is 0 Å². The second-order valence-electron chi connectivity index (χ2n) is 5.71. The molecule has 0 radical (unpaired) electrons. The fourth-order valence-electron chi connectivity index (χ4n) is 2.79. The van der Waals surface area contributed by atoms with Crippen LogP contribution in [-0.4, -0.2) is 18.6 Å². The Kier molecular flexibility index (Phi) is 8.26. The number of carbonyl (C=O) groups excluding carboxylic acids is 1. The molecule has 7 heteroatoms. The summed E-state index contributed by atoms with van der Waals surface area (Å²) in [6.07, 6.45) is 4.73. The molecular weight excluding hydrogens is 326 g/mol. The molecule has 0 saturated heterocycles. The molecule has 1 aliphatic carbocycles. The van der Waals surface area contributed by atoms with Crippen molar-refractivity contribution in [3.63, 3.8) is 0 Å². The zero-order chi connectivity index (χ0) is 15.9. The number of hydrogen-bond acceptors (Lipinski definition) is 3. The van der Waals surface area contributed by atoms with Gasteiger partial charge in [0.2, 0.25) is 5.91 Å². The van der Waals surface area contributed by atoms with Crippen molar-refractivity contribution < 1.29 is 18.3 Å². The molecule has 0 aromatic heterocycles. The van der Waals surface area contributed by atoms with Gasteiger partial charge in [0, 0.05) is 19.0 Å². The van der Waals surface area contributed by atoms with E-state index in [1.165, 1.54) is 12.1 Å². The second-order valence-corrected chi connectivity index (χ2v) is 5.71. The Bertz CT molecular complexity index is 485. The number of alkyl halides is 2. The molecule has 0 spiro atoms. The maximum Gasteiger partial charge on any atom is 0.387 e. The molecule has 2 unspecified atom stereocenters. The lowest BCUT2D eigenvalue weighted by molar-refractivity contribution is -0.122. The molecule has 1 amide bonds.